The maximum Gasteiger partial charge on any atom is 0.300 e. The van der Waals surface area contributed by atoms with Gasteiger partial charge < -0.3 is 9.52 Å². The van der Waals surface area contributed by atoms with Gasteiger partial charge in [0.15, 0.2) is 0 Å². The van der Waals surface area contributed by atoms with Crippen LogP contribution in [0, 0.1) is 28.9 Å². The molecule has 0 spiro atoms. The number of carboxylic acid groups (broad SMARTS) is 1. The molecule has 0 aliphatic rings. The van der Waals surface area contributed by atoms with Gasteiger partial charge in [-0.3, -0.25) is 4.79 Å². The summed E-state index contributed by atoms with van der Waals surface area (Å²) in [7, 11) is 0. The molecule has 0 aliphatic carbocycles. The van der Waals surface area contributed by atoms with Gasteiger partial charge in [-0.15, -0.1) is 17.5 Å². The van der Waals surface area contributed by atoms with Crippen LogP contribution in [0.15, 0.2) is 34.7 Å². The molecule has 110 valence electrons. The molecule has 1 N–H and O–H groups in total. The SMILES string of the molecule is CC#N.CC#N.CC(=O)O.[Pd].[c-]1cc2ccccc2o1. The quantitative estimate of drug-likeness (QED) is 0.570. The summed E-state index contributed by atoms with van der Waals surface area (Å²) in [5.41, 5.74) is 0.900. The minimum absolute atomic E-state index is 0. The van der Waals surface area contributed by atoms with Crippen molar-refractivity contribution in [3.8, 4) is 12.1 Å². The normalized spacial score (nSPS) is 6.65. The largest absolute Gasteiger partial charge is 0.591 e. The number of para-hydroxylation sites is 1. The molecular weight excluding hydrogens is 351 g/mol. The van der Waals surface area contributed by atoms with Gasteiger partial charge >= 0.3 is 0 Å². The Morgan fingerprint density at radius 3 is 2.05 bits per heavy atom. The first-order valence-corrected chi connectivity index (χ1v) is 5.19. The monoisotopic (exact) mass is 365 g/mol. The predicted molar refractivity (Wildman–Crippen MR) is 70.9 cm³/mol. The van der Waals surface area contributed by atoms with E-state index in [9.17, 15) is 0 Å². The molecule has 0 atom stereocenters. The summed E-state index contributed by atoms with van der Waals surface area (Å²) in [6.45, 7) is 3.94. The molecule has 1 aromatic carbocycles. The summed E-state index contributed by atoms with van der Waals surface area (Å²) in [5, 5.41) is 23.2. The summed E-state index contributed by atoms with van der Waals surface area (Å²) < 4.78 is 4.99. The molecule has 0 saturated heterocycles. The second-order valence-corrected chi connectivity index (χ2v) is 2.87. The van der Waals surface area contributed by atoms with Crippen molar-refractivity contribution in [1.29, 1.82) is 10.5 Å². The van der Waals surface area contributed by atoms with E-state index in [2.05, 4.69) is 6.26 Å². The first kappa shape index (κ1) is 23.0. The van der Waals surface area contributed by atoms with Crippen LogP contribution in [0.1, 0.15) is 20.8 Å². The van der Waals surface area contributed by atoms with Crippen LogP contribution in [0.3, 0.4) is 0 Å². The summed E-state index contributed by atoms with van der Waals surface area (Å²) in [4.78, 5) is 9.00. The Bertz CT molecular complexity index is 507. The van der Waals surface area contributed by atoms with Crippen LogP contribution in [-0.2, 0) is 25.2 Å². The van der Waals surface area contributed by atoms with E-state index in [0.29, 0.717) is 0 Å². The number of fused-ring (bicyclic) bond motifs is 1. The maximum atomic E-state index is 9.00. The maximum absolute atomic E-state index is 9.00. The topological polar surface area (TPSA) is 98.0 Å². The number of carboxylic acids is 1. The summed E-state index contributed by atoms with van der Waals surface area (Å²) in [6, 6.07) is 13.2. The second kappa shape index (κ2) is 16.9. The van der Waals surface area contributed by atoms with E-state index in [1.807, 2.05) is 30.3 Å². The van der Waals surface area contributed by atoms with Gasteiger partial charge in [-0.2, -0.15) is 10.5 Å². The number of rotatable bonds is 0. The molecule has 0 radical (unpaired) electrons. The zero-order valence-electron chi connectivity index (χ0n) is 11.4. The van der Waals surface area contributed by atoms with Crippen molar-refractivity contribution in [2.24, 2.45) is 0 Å². The molecule has 1 heterocycles. The van der Waals surface area contributed by atoms with Crippen molar-refractivity contribution >= 4 is 16.9 Å². The van der Waals surface area contributed by atoms with E-state index >= 15 is 0 Å². The molecule has 2 aromatic rings. The Hall–Kier alpha value is -2.13. The number of furan rings is 1. The van der Waals surface area contributed by atoms with E-state index in [1.165, 1.54) is 13.8 Å². The zero-order chi connectivity index (χ0) is 15.1. The van der Waals surface area contributed by atoms with E-state index in [-0.39, 0.29) is 20.4 Å². The van der Waals surface area contributed by atoms with Crippen molar-refractivity contribution < 1.29 is 34.7 Å². The Kier molecular flexibility index (Phi) is 19.4. The first-order chi connectivity index (χ1) is 9.03. The van der Waals surface area contributed by atoms with Crippen molar-refractivity contribution in [2.45, 2.75) is 20.8 Å². The number of carbonyl (C=O) groups is 1. The standard InChI is InChI=1S/C8H5O.2C2H3N.C2H4O2.Pd/c1-2-4-8-7(3-1)5-6-9-8;2*1-2-3;1-2(3)4;/h1-5H;2*1H3;1H3,(H,3,4);/q-1;;;;. The van der Waals surface area contributed by atoms with Gasteiger partial charge in [0, 0.05) is 41.2 Å². The minimum Gasteiger partial charge on any atom is -0.591 e. The van der Waals surface area contributed by atoms with Crippen LogP contribution in [0.25, 0.3) is 11.0 Å². The number of hydrogen-bond donors (Lipinski definition) is 1. The molecule has 0 amide bonds. The van der Waals surface area contributed by atoms with Gasteiger partial charge in [0.25, 0.3) is 5.97 Å². The molecule has 0 fully saturated rings. The Balaban J connectivity index is -0.000000226. The fourth-order valence-corrected chi connectivity index (χ4v) is 0.849. The first-order valence-electron chi connectivity index (χ1n) is 5.19. The van der Waals surface area contributed by atoms with E-state index in [4.69, 9.17) is 24.8 Å². The van der Waals surface area contributed by atoms with Crippen molar-refractivity contribution in [1.82, 2.24) is 0 Å². The van der Waals surface area contributed by atoms with Crippen molar-refractivity contribution in [3.05, 3.63) is 36.6 Å². The van der Waals surface area contributed by atoms with Crippen LogP contribution >= 0.6 is 0 Å². The molecule has 1 aromatic heterocycles. The number of hydrogen-bond acceptors (Lipinski definition) is 4. The average Bonchev–Trinajstić information content (AvgIpc) is 2.78. The molecule has 0 aliphatic heterocycles. The molecule has 0 saturated carbocycles. The Morgan fingerprint density at radius 1 is 1.25 bits per heavy atom. The molecule has 0 bridgehead atoms. The molecular formula is C14H15N2O3Pd-. The zero-order valence-corrected chi connectivity index (χ0v) is 12.9. The molecule has 6 heteroatoms. The Labute approximate surface area is 132 Å². The van der Waals surface area contributed by atoms with Crippen LogP contribution in [0.4, 0.5) is 0 Å². The van der Waals surface area contributed by atoms with Crippen molar-refractivity contribution in [2.75, 3.05) is 0 Å². The fraction of sp³-hybridized carbons (Fsp3) is 0.214. The van der Waals surface area contributed by atoms with Crippen LogP contribution < -0.4 is 0 Å². The van der Waals surface area contributed by atoms with E-state index < -0.39 is 5.97 Å². The van der Waals surface area contributed by atoms with E-state index in [0.717, 1.165) is 17.9 Å². The number of benzene rings is 1. The minimum atomic E-state index is -0.833. The second-order valence-electron chi connectivity index (χ2n) is 2.87. The summed E-state index contributed by atoms with van der Waals surface area (Å²) in [5.74, 6) is -0.833. The van der Waals surface area contributed by atoms with Crippen LogP contribution in [0.5, 0.6) is 0 Å². The van der Waals surface area contributed by atoms with Gasteiger partial charge in [0.1, 0.15) is 0 Å². The third-order valence-electron chi connectivity index (χ3n) is 1.30. The van der Waals surface area contributed by atoms with Gasteiger partial charge in [-0.05, 0) is 11.8 Å². The fourth-order valence-electron chi connectivity index (χ4n) is 0.849. The van der Waals surface area contributed by atoms with Crippen LogP contribution in [0.2, 0.25) is 0 Å². The third kappa shape index (κ3) is 15.9. The number of nitriles is 2. The van der Waals surface area contributed by atoms with Gasteiger partial charge in [-0.1, -0.05) is 18.2 Å². The van der Waals surface area contributed by atoms with E-state index in [1.54, 1.807) is 12.1 Å². The van der Waals surface area contributed by atoms with Gasteiger partial charge in [0.2, 0.25) is 0 Å². The van der Waals surface area contributed by atoms with Crippen molar-refractivity contribution in [3.63, 3.8) is 0 Å². The summed E-state index contributed by atoms with van der Waals surface area (Å²) >= 11 is 0. The number of nitrogens with zero attached hydrogens (tertiary/aromatic N) is 2. The Morgan fingerprint density at radius 2 is 1.65 bits per heavy atom. The predicted octanol–water partition coefficient (Wildman–Crippen LogP) is 3.38. The smallest absolute Gasteiger partial charge is 0.300 e. The molecule has 5 nitrogen and oxygen atoms in total. The molecule has 0 unspecified atom stereocenters. The molecule has 2 rings (SSSR count). The van der Waals surface area contributed by atoms with Crippen LogP contribution in [-0.4, -0.2) is 11.1 Å². The summed E-state index contributed by atoms with van der Waals surface area (Å²) in [6.07, 6.45) is 2.66. The van der Waals surface area contributed by atoms with Gasteiger partial charge in [0.05, 0.1) is 12.1 Å². The number of aliphatic carboxylic acids is 1. The molecule has 20 heavy (non-hydrogen) atoms. The average molecular weight is 366 g/mol. The third-order valence-corrected chi connectivity index (χ3v) is 1.30. The van der Waals surface area contributed by atoms with Gasteiger partial charge in [-0.25, -0.2) is 0 Å².